The normalized spacial score (nSPS) is 11.9. The third-order valence-electron chi connectivity index (χ3n) is 5.89. The Labute approximate surface area is 227 Å². The summed E-state index contributed by atoms with van der Waals surface area (Å²) in [5, 5.41) is 2.76. The lowest BCUT2D eigenvalue weighted by atomic mass is 10.0. The summed E-state index contributed by atoms with van der Waals surface area (Å²) < 4.78 is 45.1. The molecule has 0 aliphatic carbocycles. The first-order valence-electron chi connectivity index (χ1n) is 11.6. The van der Waals surface area contributed by atoms with Gasteiger partial charge in [-0.15, -0.1) is 0 Å². The van der Waals surface area contributed by atoms with E-state index in [1.54, 1.807) is 0 Å². The molecule has 38 heavy (non-hydrogen) atoms. The minimum Gasteiger partial charge on any atom is -0.495 e. The van der Waals surface area contributed by atoms with Crippen LogP contribution >= 0.6 is 11.6 Å². The van der Waals surface area contributed by atoms with Crippen LogP contribution in [0.5, 0.6) is 5.75 Å². The van der Waals surface area contributed by atoms with Crippen molar-refractivity contribution >= 4 is 39.1 Å². The van der Waals surface area contributed by atoms with E-state index in [0.717, 1.165) is 16.1 Å². The van der Waals surface area contributed by atoms with Crippen LogP contribution in [0.15, 0.2) is 72.8 Å². The van der Waals surface area contributed by atoms with Crippen LogP contribution in [0.4, 0.5) is 10.1 Å². The Kier molecular flexibility index (Phi) is 9.71. The molecule has 0 unspecified atom stereocenters. The van der Waals surface area contributed by atoms with E-state index in [0.29, 0.717) is 11.3 Å². The topological polar surface area (TPSA) is 96.0 Å². The maximum Gasteiger partial charge on any atom is 0.244 e. The van der Waals surface area contributed by atoms with Crippen LogP contribution in [-0.2, 0) is 32.6 Å². The molecule has 1 N–H and O–H groups in total. The van der Waals surface area contributed by atoms with Gasteiger partial charge in [0.15, 0.2) is 0 Å². The highest BCUT2D eigenvalue weighted by Gasteiger charge is 2.32. The number of anilines is 1. The second-order valence-corrected chi connectivity index (χ2v) is 10.9. The van der Waals surface area contributed by atoms with Gasteiger partial charge in [0.25, 0.3) is 0 Å². The van der Waals surface area contributed by atoms with Crippen molar-refractivity contribution < 1.29 is 27.1 Å². The lowest BCUT2D eigenvalue weighted by molar-refractivity contribution is -0.139. The van der Waals surface area contributed by atoms with Crippen molar-refractivity contribution in [2.75, 3.05) is 31.3 Å². The maximum absolute atomic E-state index is 13.8. The number of carbonyl (C=O) groups excluding carboxylic acids is 2. The van der Waals surface area contributed by atoms with Gasteiger partial charge in [-0.25, -0.2) is 12.8 Å². The van der Waals surface area contributed by atoms with Crippen LogP contribution in [0.1, 0.15) is 11.1 Å². The summed E-state index contributed by atoms with van der Waals surface area (Å²) in [5.41, 5.74) is 1.54. The highest BCUT2D eigenvalue weighted by molar-refractivity contribution is 7.92. The van der Waals surface area contributed by atoms with Gasteiger partial charge in [0.1, 0.15) is 24.2 Å². The Morgan fingerprint density at radius 1 is 1.03 bits per heavy atom. The van der Waals surface area contributed by atoms with Gasteiger partial charge in [-0.05, 0) is 41.5 Å². The fourth-order valence-electron chi connectivity index (χ4n) is 3.93. The molecular weight excluding hydrogens is 533 g/mol. The number of methoxy groups -OCH3 is 1. The molecule has 0 heterocycles. The van der Waals surface area contributed by atoms with E-state index in [9.17, 15) is 22.4 Å². The van der Waals surface area contributed by atoms with Gasteiger partial charge in [0.05, 0.1) is 24.1 Å². The third kappa shape index (κ3) is 7.45. The van der Waals surface area contributed by atoms with Crippen LogP contribution in [0.25, 0.3) is 0 Å². The van der Waals surface area contributed by atoms with Crippen LogP contribution < -0.4 is 14.4 Å². The number of benzene rings is 3. The molecular formula is C27H29ClFN3O5S. The summed E-state index contributed by atoms with van der Waals surface area (Å²) in [5.74, 6) is -1.16. The monoisotopic (exact) mass is 561 g/mol. The van der Waals surface area contributed by atoms with Crippen molar-refractivity contribution in [1.82, 2.24) is 10.2 Å². The number of nitrogens with zero attached hydrogens (tertiary/aromatic N) is 2. The van der Waals surface area contributed by atoms with Crippen molar-refractivity contribution in [2.24, 2.45) is 0 Å². The van der Waals surface area contributed by atoms with Gasteiger partial charge < -0.3 is 15.0 Å². The molecule has 0 aliphatic rings. The summed E-state index contributed by atoms with van der Waals surface area (Å²) in [7, 11) is -1.05. The highest BCUT2D eigenvalue weighted by Crippen LogP contribution is 2.30. The SMILES string of the molecule is CNC(=O)[C@@H](Cc1ccccc1)N(Cc1ccc(F)cc1)C(=O)CN(c1ccc(OC)c(Cl)c1)S(C)(=O)=O. The van der Waals surface area contributed by atoms with E-state index in [2.05, 4.69) is 5.32 Å². The van der Waals surface area contributed by atoms with Crippen molar-refractivity contribution in [1.29, 1.82) is 0 Å². The molecule has 0 bridgehead atoms. The number of sulfonamides is 1. The molecule has 2 amide bonds. The number of likely N-dealkylation sites (N-methyl/N-ethyl adjacent to an activating group) is 1. The number of ether oxygens (including phenoxy) is 1. The average molecular weight is 562 g/mol. The molecule has 3 aromatic rings. The number of rotatable bonds is 11. The Bertz CT molecular complexity index is 1370. The van der Waals surface area contributed by atoms with Gasteiger partial charge in [0.2, 0.25) is 21.8 Å². The van der Waals surface area contributed by atoms with Gasteiger partial charge in [-0.2, -0.15) is 0 Å². The van der Waals surface area contributed by atoms with Crippen molar-refractivity contribution in [3.8, 4) is 5.75 Å². The summed E-state index contributed by atoms with van der Waals surface area (Å²) in [6, 6.07) is 18.1. The Balaban J connectivity index is 2.03. The zero-order valence-electron chi connectivity index (χ0n) is 21.2. The van der Waals surface area contributed by atoms with Crippen molar-refractivity contribution in [3.05, 3.63) is 94.8 Å². The second kappa shape index (κ2) is 12.7. The van der Waals surface area contributed by atoms with Gasteiger partial charge in [0, 0.05) is 20.0 Å². The fourth-order valence-corrected chi connectivity index (χ4v) is 5.02. The average Bonchev–Trinajstić information content (AvgIpc) is 2.89. The predicted octanol–water partition coefficient (Wildman–Crippen LogP) is 3.64. The summed E-state index contributed by atoms with van der Waals surface area (Å²) in [4.78, 5) is 28.2. The smallest absolute Gasteiger partial charge is 0.244 e. The largest absolute Gasteiger partial charge is 0.495 e. The third-order valence-corrected chi connectivity index (χ3v) is 7.32. The summed E-state index contributed by atoms with van der Waals surface area (Å²) in [6.45, 7) is -0.643. The number of hydrogen-bond donors (Lipinski definition) is 1. The standard InChI is InChI=1S/C27H29ClFN3O5S/c1-30-27(34)24(15-19-7-5-4-6-8-19)31(17-20-9-11-21(29)12-10-20)26(33)18-32(38(3,35)36)22-13-14-25(37-2)23(28)16-22/h4-14,16,24H,15,17-18H2,1-3H3,(H,30,34)/t24-/m1/s1. The number of carbonyl (C=O) groups is 2. The van der Waals surface area contributed by atoms with Crippen molar-refractivity contribution in [2.45, 2.75) is 19.0 Å². The van der Waals surface area contributed by atoms with Crippen molar-refractivity contribution in [3.63, 3.8) is 0 Å². The minimum atomic E-state index is -3.94. The van der Waals surface area contributed by atoms with E-state index < -0.39 is 40.2 Å². The molecule has 0 spiro atoms. The van der Waals surface area contributed by atoms with Gasteiger partial charge in [-0.1, -0.05) is 54.1 Å². The predicted molar refractivity (Wildman–Crippen MR) is 145 cm³/mol. The Hall–Kier alpha value is -3.63. The molecule has 3 aromatic carbocycles. The molecule has 0 radical (unpaired) electrons. The minimum absolute atomic E-state index is 0.0506. The van der Waals surface area contributed by atoms with E-state index in [1.807, 2.05) is 30.3 Å². The van der Waals surface area contributed by atoms with Crippen LogP contribution in [0, 0.1) is 5.82 Å². The second-order valence-electron chi connectivity index (χ2n) is 8.56. The summed E-state index contributed by atoms with van der Waals surface area (Å²) >= 11 is 6.22. The van der Waals surface area contributed by atoms with E-state index in [-0.39, 0.29) is 23.7 Å². The zero-order chi connectivity index (χ0) is 27.9. The van der Waals surface area contributed by atoms with Gasteiger partial charge >= 0.3 is 0 Å². The summed E-state index contributed by atoms with van der Waals surface area (Å²) in [6.07, 6.45) is 1.16. The Morgan fingerprint density at radius 2 is 1.68 bits per heavy atom. The number of hydrogen-bond acceptors (Lipinski definition) is 5. The lowest BCUT2D eigenvalue weighted by Crippen LogP contribution is -2.52. The molecule has 0 aliphatic heterocycles. The lowest BCUT2D eigenvalue weighted by Gasteiger charge is -2.33. The number of nitrogens with one attached hydrogen (secondary N) is 1. The molecule has 1 atom stereocenters. The first-order valence-corrected chi connectivity index (χ1v) is 13.9. The van der Waals surface area contributed by atoms with E-state index >= 15 is 0 Å². The highest BCUT2D eigenvalue weighted by atomic mass is 35.5. The van der Waals surface area contributed by atoms with Gasteiger partial charge in [-0.3, -0.25) is 13.9 Å². The van der Waals surface area contributed by atoms with Crippen LogP contribution in [-0.4, -0.2) is 58.1 Å². The van der Waals surface area contributed by atoms with E-state index in [4.69, 9.17) is 16.3 Å². The zero-order valence-corrected chi connectivity index (χ0v) is 22.8. The molecule has 202 valence electrons. The number of halogens is 2. The first kappa shape index (κ1) is 28.9. The molecule has 0 saturated carbocycles. The first-order chi connectivity index (χ1) is 18.0. The molecule has 11 heteroatoms. The molecule has 0 aromatic heterocycles. The Morgan fingerprint density at radius 3 is 2.24 bits per heavy atom. The fraction of sp³-hybridized carbons (Fsp3) is 0.259. The molecule has 8 nitrogen and oxygen atoms in total. The molecule has 3 rings (SSSR count). The quantitative estimate of drug-likeness (QED) is 0.386. The number of amides is 2. The molecule has 0 saturated heterocycles. The van der Waals surface area contributed by atoms with Crippen LogP contribution in [0.2, 0.25) is 5.02 Å². The van der Waals surface area contributed by atoms with E-state index in [1.165, 1.54) is 61.5 Å². The van der Waals surface area contributed by atoms with Crippen LogP contribution in [0.3, 0.4) is 0 Å². The molecule has 0 fully saturated rings. The maximum atomic E-state index is 13.8.